The van der Waals surface area contributed by atoms with E-state index >= 15 is 0 Å². The molecule has 0 unspecified atom stereocenters. The van der Waals surface area contributed by atoms with Gasteiger partial charge in [-0.2, -0.15) is 0 Å². The summed E-state index contributed by atoms with van der Waals surface area (Å²) in [6, 6.07) is 0. The number of halogens is 1. The second kappa shape index (κ2) is 4.90. The van der Waals surface area contributed by atoms with Crippen molar-refractivity contribution in [3.05, 3.63) is 17.9 Å². The molecule has 2 heteroatoms. The number of alkyl halides is 1. The van der Waals surface area contributed by atoms with Gasteiger partial charge in [-0.25, -0.2) is 4.39 Å². The van der Waals surface area contributed by atoms with Crippen LogP contribution in [0.25, 0.3) is 0 Å². The zero-order valence-corrected chi connectivity index (χ0v) is 11.6. The van der Waals surface area contributed by atoms with Gasteiger partial charge in [-0.3, -0.25) is 4.79 Å². The molecule has 0 saturated heterocycles. The highest BCUT2D eigenvalue weighted by molar-refractivity contribution is 5.90. The molecule has 0 aromatic rings. The number of hydrogen-bond acceptors (Lipinski definition) is 1. The molecule has 3 saturated carbocycles. The smallest absolute Gasteiger partial charge is 0.173 e. The Kier molecular flexibility index (Phi) is 3.39. The highest BCUT2D eigenvalue weighted by Gasteiger charge is 2.47. The van der Waals surface area contributed by atoms with Crippen molar-refractivity contribution in [2.75, 3.05) is 0 Å². The zero-order chi connectivity index (χ0) is 13.5. The van der Waals surface area contributed by atoms with Crippen molar-refractivity contribution in [1.29, 1.82) is 0 Å². The Hall–Kier alpha value is -0.880. The molecule has 0 aromatic carbocycles. The van der Waals surface area contributed by atoms with E-state index < -0.39 is 5.67 Å². The maximum absolute atomic E-state index is 14.2. The van der Waals surface area contributed by atoms with Crippen LogP contribution >= 0.6 is 0 Å². The molecule has 1 nitrogen and oxygen atoms in total. The van der Waals surface area contributed by atoms with Crippen molar-refractivity contribution >= 4 is 5.78 Å². The lowest BCUT2D eigenvalue weighted by Crippen LogP contribution is -2.45. The van der Waals surface area contributed by atoms with Crippen molar-refractivity contribution < 1.29 is 9.18 Å². The van der Waals surface area contributed by atoms with Crippen LogP contribution in [-0.2, 0) is 4.79 Å². The summed E-state index contributed by atoms with van der Waals surface area (Å²) in [5.74, 6) is 1.17. The molecular formula is C17H23FO. The largest absolute Gasteiger partial charge is 0.296 e. The van der Waals surface area contributed by atoms with E-state index in [4.69, 9.17) is 0 Å². The van der Waals surface area contributed by atoms with E-state index in [-0.39, 0.29) is 11.7 Å². The third-order valence-corrected chi connectivity index (χ3v) is 5.35. The van der Waals surface area contributed by atoms with Crippen molar-refractivity contribution in [3.8, 4) is 0 Å². The van der Waals surface area contributed by atoms with Crippen LogP contribution in [-0.4, -0.2) is 11.5 Å². The van der Waals surface area contributed by atoms with Crippen LogP contribution in [0.2, 0.25) is 0 Å². The van der Waals surface area contributed by atoms with Gasteiger partial charge in [-0.1, -0.05) is 6.58 Å². The fourth-order valence-corrected chi connectivity index (χ4v) is 3.78. The maximum Gasteiger partial charge on any atom is 0.173 e. The molecule has 0 amide bonds. The number of rotatable bonds is 4. The second-order valence-corrected chi connectivity index (χ2v) is 6.64. The normalized spacial score (nSPS) is 33.1. The minimum Gasteiger partial charge on any atom is -0.296 e. The molecule has 0 aliphatic heterocycles. The Morgan fingerprint density at radius 3 is 1.84 bits per heavy atom. The van der Waals surface area contributed by atoms with Crippen molar-refractivity contribution in [3.63, 3.8) is 0 Å². The van der Waals surface area contributed by atoms with Crippen molar-refractivity contribution in [2.24, 2.45) is 17.8 Å². The minimum absolute atomic E-state index is 0.0215. The first-order chi connectivity index (χ1) is 9.14. The quantitative estimate of drug-likeness (QED) is 0.687. The molecule has 104 valence electrons. The molecule has 3 aliphatic carbocycles. The van der Waals surface area contributed by atoms with Gasteiger partial charge in [0.05, 0.1) is 0 Å². The van der Waals surface area contributed by atoms with Gasteiger partial charge in [-0.05, 0) is 75.2 Å². The van der Waals surface area contributed by atoms with Gasteiger partial charge < -0.3 is 0 Å². The third kappa shape index (κ3) is 2.43. The van der Waals surface area contributed by atoms with Crippen LogP contribution in [0, 0.1) is 17.8 Å². The first-order valence-corrected chi connectivity index (χ1v) is 7.77. The summed E-state index contributed by atoms with van der Waals surface area (Å²) in [5.41, 5.74) is 3.08. The Bertz CT molecular complexity index is 417. The van der Waals surface area contributed by atoms with E-state index in [0.29, 0.717) is 24.7 Å². The van der Waals surface area contributed by atoms with Gasteiger partial charge in [0.2, 0.25) is 0 Å². The molecule has 0 aromatic heterocycles. The van der Waals surface area contributed by atoms with Crippen LogP contribution in [0.5, 0.6) is 0 Å². The molecular weight excluding hydrogens is 239 g/mol. The van der Waals surface area contributed by atoms with E-state index in [2.05, 4.69) is 12.3 Å². The maximum atomic E-state index is 14.2. The first-order valence-electron chi connectivity index (χ1n) is 7.77. The Balaban J connectivity index is 1.57. The highest BCUT2D eigenvalue weighted by Crippen LogP contribution is 2.47. The minimum atomic E-state index is -1.45. The molecule has 3 fully saturated rings. The summed E-state index contributed by atoms with van der Waals surface area (Å²) in [6.07, 6.45) is 8.16. The van der Waals surface area contributed by atoms with E-state index in [1.54, 1.807) is 0 Å². The molecule has 0 atom stereocenters. The predicted octanol–water partition coefficient (Wildman–Crippen LogP) is 4.38. The van der Waals surface area contributed by atoms with Crippen LogP contribution in [0.15, 0.2) is 17.9 Å². The van der Waals surface area contributed by atoms with Gasteiger partial charge in [0.15, 0.2) is 11.5 Å². The number of carbonyl (C=O) groups excluding carboxylic acids is 1. The summed E-state index contributed by atoms with van der Waals surface area (Å²) in [6.45, 7) is 3.82. The number of ketones is 1. The van der Waals surface area contributed by atoms with E-state index in [1.165, 1.54) is 18.4 Å². The monoisotopic (exact) mass is 262 g/mol. The molecule has 3 rings (SSSR count). The molecule has 3 aliphatic rings. The van der Waals surface area contributed by atoms with Gasteiger partial charge in [-0.15, -0.1) is 5.73 Å². The van der Waals surface area contributed by atoms with Crippen LogP contribution in [0.1, 0.15) is 57.8 Å². The Morgan fingerprint density at radius 1 is 1.00 bits per heavy atom. The molecule has 0 heterocycles. The van der Waals surface area contributed by atoms with Gasteiger partial charge in [0.25, 0.3) is 0 Å². The van der Waals surface area contributed by atoms with Crippen molar-refractivity contribution in [1.82, 2.24) is 0 Å². The number of Topliss-reactive ketones (excluding diaryl/α,β-unsaturated/α-hetero) is 1. The Labute approximate surface area is 115 Å². The van der Waals surface area contributed by atoms with Crippen LogP contribution in [0.4, 0.5) is 4.39 Å². The van der Waals surface area contributed by atoms with Gasteiger partial charge in [0, 0.05) is 5.92 Å². The lowest BCUT2D eigenvalue weighted by atomic mass is 9.69. The summed E-state index contributed by atoms with van der Waals surface area (Å²) in [5, 5.41) is 0. The average Bonchev–Trinajstić information content (AvgIpc) is 3.21. The molecule has 19 heavy (non-hydrogen) atoms. The topological polar surface area (TPSA) is 17.1 Å². The summed E-state index contributed by atoms with van der Waals surface area (Å²) < 4.78 is 14.2. The standard InChI is InChI=1S/C17H23FO/c1-2-15(12-4-5-12)13-6-8-14(9-7-13)16(19)17(18)10-3-11-17/h12-14H,1,3-11H2. The van der Waals surface area contributed by atoms with Crippen molar-refractivity contribution in [2.45, 2.75) is 63.5 Å². The Morgan fingerprint density at radius 2 is 1.47 bits per heavy atom. The second-order valence-electron chi connectivity index (χ2n) is 6.64. The van der Waals surface area contributed by atoms with E-state index in [1.807, 2.05) is 0 Å². The molecule has 0 radical (unpaired) electrons. The fraction of sp³-hybridized carbons (Fsp3) is 0.765. The summed E-state index contributed by atoms with van der Waals surface area (Å²) in [7, 11) is 0. The van der Waals surface area contributed by atoms with Gasteiger partial charge >= 0.3 is 0 Å². The third-order valence-electron chi connectivity index (χ3n) is 5.35. The number of hydrogen-bond donors (Lipinski definition) is 0. The van der Waals surface area contributed by atoms with E-state index in [0.717, 1.165) is 32.1 Å². The highest BCUT2D eigenvalue weighted by atomic mass is 19.1. The lowest BCUT2D eigenvalue weighted by Gasteiger charge is -2.37. The fourth-order valence-electron chi connectivity index (χ4n) is 3.78. The molecule has 0 N–H and O–H groups in total. The average molecular weight is 262 g/mol. The first kappa shape index (κ1) is 13.1. The summed E-state index contributed by atoms with van der Waals surface area (Å²) >= 11 is 0. The predicted molar refractivity (Wildman–Crippen MR) is 73.5 cm³/mol. The summed E-state index contributed by atoms with van der Waals surface area (Å²) in [4.78, 5) is 12.2. The SMILES string of the molecule is C=C=C(C1CCC(C(=O)C2(F)CCC2)CC1)C1CC1. The zero-order valence-electron chi connectivity index (χ0n) is 11.6. The number of carbonyl (C=O) groups is 1. The van der Waals surface area contributed by atoms with E-state index in [9.17, 15) is 9.18 Å². The van der Waals surface area contributed by atoms with Crippen LogP contribution in [0.3, 0.4) is 0 Å². The van der Waals surface area contributed by atoms with Gasteiger partial charge in [0.1, 0.15) is 0 Å². The molecule has 0 bridgehead atoms. The number of allylic oxidation sites excluding steroid dienone is 1. The van der Waals surface area contributed by atoms with Crippen LogP contribution < -0.4 is 0 Å². The lowest BCUT2D eigenvalue weighted by molar-refractivity contribution is -0.141. The molecule has 0 spiro atoms.